The lowest BCUT2D eigenvalue weighted by atomic mass is 10.2. The third-order valence-electron chi connectivity index (χ3n) is 2.56. The lowest BCUT2D eigenvalue weighted by Gasteiger charge is -2.17. The largest absolute Gasteiger partial charge is 0.478 e. The summed E-state index contributed by atoms with van der Waals surface area (Å²) < 4.78 is 25.5. The van der Waals surface area contributed by atoms with Crippen LogP contribution in [0.1, 0.15) is 10.4 Å². The summed E-state index contributed by atoms with van der Waals surface area (Å²) in [5, 5.41) is 11.6. The van der Waals surface area contributed by atoms with Crippen LogP contribution in [-0.2, 0) is 10.0 Å². The molecule has 1 aromatic carbocycles. The van der Waals surface area contributed by atoms with Crippen molar-refractivity contribution in [1.29, 1.82) is 0 Å². The van der Waals surface area contributed by atoms with Crippen molar-refractivity contribution in [2.24, 2.45) is 0 Å². The molecule has 0 atom stereocenters. The number of carboxylic acids is 1. The zero-order valence-corrected chi connectivity index (χ0v) is 12.1. The van der Waals surface area contributed by atoms with E-state index in [1.165, 1.54) is 23.5 Å². The van der Waals surface area contributed by atoms with Gasteiger partial charge in [0.1, 0.15) is 0 Å². The Bertz CT molecular complexity index is 574. The minimum atomic E-state index is -3.66. The number of rotatable bonds is 6. The molecule has 19 heavy (non-hydrogen) atoms. The van der Waals surface area contributed by atoms with Crippen molar-refractivity contribution in [3.05, 3.63) is 28.8 Å². The number of carbonyl (C=O) groups is 1. The summed E-state index contributed by atoms with van der Waals surface area (Å²) in [5.74, 6) is -1.20. The van der Waals surface area contributed by atoms with Gasteiger partial charge in [-0.05, 0) is 25.2 Å². The van der Waals surface area contributed by atoms with Crippen LogP contribution in [0.25, 0.3) is 0 Å². The zero-order valence-electron chi connectivity index (χ0n) is 10.6. The first-order valence-electron chi connectivity index (χ1n) is 5.44. The molecule has 6 nitrogen and oxygen atoms in total. The van der Waals surface area contributed by atoms with Gasteiger partial charge in [0, 0.05) is 20.1 Å². The molecular weight excluding hydrogens is 292 g/mol. The van der Waals surface area contributed by atoms with Crippen molar-refractivity contribution < 1.29 is 18.3 Å². The van der Waals surface area contributed by atoms with Crippen LogP contribution in [0.5, 0.6) is 0 Å². The number of halogens is 1. The van der Waals surface area contributed by atoms with Crippen molar-refractivity contribution in [3.8, 4) is 0 Å². The molecule has 0 saturated heterocycles. The fraction of sp³-hybridized carbons (Fsp3) is 0.364. The molecule has 0 spiro atoms. The molecule has 106 valence electrons. The second-order valence-corrected chi connectivity index (χ2v) is 6.33. The Balaban J connectivity index is 3.09. The quantitative estimate of drug-likeness (QED) is 0.814. The Labute approximate surface area is 117 Å². The van der Waals surface area contributed by atoms with Crippen molar-refractivity contribution in [1.82, 2.24) is 9.62 Å². The van der Waals surface area contributed by atoms with Crippen LogP contribution in [0.2, 0.25) is 5.02 Å². The molecule has 1 rings (SSSR count). The summed E-state index contributed by atoms with van der Waals surface area (Å²) >= 11 is 5.76. The van der Waals surface area contributed by atoms with Crippen molar-refractivity contribution in [2.45, 2.75) is 4.90 Å². The lowest BCUT2D eigenvalue weighted by Crippen LogP contribution is -2.32. The minimum absolute atomic E-state index is 0.0268. The lowest BCUT2D eigenvalue weighted by molar-refractivity contribution is 0.0697. The van der Waals surface area contributed by atoms with Crippen LogP contribution in [0.4, 0.5) is 0 Å². The summed E-state index contributed by atoms with van der Waals surface area (Å²) in [4.78, 5) is 10.8. The topological polar surface area (TPSA) is 86.7 Å². The van der Waals surface area contributed by atoms with Crippen LogP contribution < -0.4 is 5.32 Å². The molecule has 0 amide bonds. The normalized spacial score (nSPS) is 11.8. The van der Waals surface area contributed by atoms with E-state index in [1.807, 2.05) is 0 Å². The Morgan fingerprint density at radius 2 is 2.11 bits per heavy atom. The third kappa shape index (κ3) is 3.66. The van der Waals surface area contributed by atoms with Gasteiger partial charge >= 0.3 is 5.97 Å². The first-order chi connectivity index (χ1) is 8.80. The van der Waals surface area contributed by atoms with Crippen LogP contribution in [0.3, 0.4) is 0 Å². The number of sulfonamides is 1. The second kappa shape index (κ2) is 6.33. The highest BCUT2D eigenvalue weighted by molar-refractivity contribution is 7.89. The molecule has 1 aromatic rings. The van der Waals surface area contributed by atoms with E-state index in [0.29, 0.717) is 13.1 Å². The van der Waals surface area contributed by atoms with Gasteiger partial charge in [-0.25, -0.2) is 13.2 Å². The van der Waals surface area contributed by atoms with Gasteiger partial charge in [0.15, 0.2) is 0 Å². The van der Waals surface area contributed by atoms with Gasteiger partial charge in [-0.15, -0.1) is 0 Å². The molecule has 0 aliphatic rings. The molecule has 0 radical (unpaired) electrons. The van der Waals surface area contributed by atoms with Gasteiger partial charge in [0.25, 0.3) is 0 Å². The molecule has 0 aliphatic carbocycles. The predicted molar refractivity (Wildman–Crippen MR) is 72.2 cm³/mol. The molecule has 0 aromatic heterocycles. The Morgan fingerprint density at radius 1 is 1.47 bits per heavy atom. The van der Waals surface area contributed by atoms with E-state index in [1.54, 1.807) is 7.05 Å². The van der Waals surface area contributed by atoms with Gasteiger partial charge in [-0.1, -0.05) is 11.6 Å². The third-order valence-corrected chi connectivity index (χ3v) is 4.72. The molecule has 8 heteroatoms. The van der Waals surface area contributed by atoms with Crippen molar-refractivity contribution >= 4 is 27.6 Å². The summed E-state index contributed by atoms with van der Waals surface area (Å²) in [6, 6.07) is 3.57. The Morgan fingerprint density at radius 3 is 2.58 bits per heavy atom. The predicted octanol–water partition coefficient (Wildman–Crippen LogP) is 0.878. The number of benzene rings is 1. The summed E-state index contributed by atoms with van der Waals surface area (Å²) in [6.45, 7) is 0.813. The molecule has 0 heterocycles. The number of nitrogens with zero attached hydrogens (tertiary/aromatic N) is 1. The number of carboxylic acid groups (broad SMARTS) is 1. The van der Waals surface area contributed by atoms with Gasteiger partial charge < -0.3 is 10.4 Å². The summed E-state index contributed by atoms with van der Waals surface area (Å²) in [7, 11) is -0.489. The van der Waals surface area contributed by atoms with Gasteiger partial charge in [0.2, 0.25) is 10.0 Å². The number of hydrogen-bond acceptors (Lipinski definition) is 4. The number of likely N-dealkylation sites (N-methyl/N-ethyl adjacent to an activating group) is 2. The second-order valence-electron chi connectivity index (χ2n) is 3.88. The smallest absolute Gasteiger partial charge is 0.337 e. The maximum Gasteiger partial charge on any atom is 0.337 e. The van der Waals surface area contributed by atoms with E-state index in [0.717, 1.165) is 6.07 Å². The molecule has 0 bridgehead atoms. The number of nitrogens with one attached hydrogen (secondary N) is 1. The van der Waals surface area contributed by atoms with Crippen LogP contribution >= 0.6 is 11.6 Å². The first kappa shape index (κ1) is 15.9. The average Bonchev–Trinajstić information content (AvgIpc) is 2.35. The van der Waals surface area contributed by atoms with Crippen molar-refractivity contribution in [2.75, 3.05) is 27.2 Å². The Kier molecular flexibility index (Phi) is 5.30. The van der Waals surface area contributed by atoms with E-state index < -0.39 is 16.0 Å². The van der Waals surface area contributed by atoms with Crippen molar-refractivity contribution in [3.63, 3.8) is 0 Å². The fourth-order valence-electron chi connectivity index (χ4n) is 1.40. The highest BCUT2D eigenvalue weighted by Crippen LogP contribution is 2.22. The molecule has 2 N–H and O–H groups in total. The SMILES string of the molecule is CNCCN(C)S(=O)(=O)c1ccc(C(=O)O)c(Cl)c1. The highest BCUT2D eigenvalue weighted by Gasteiger charge is 2.22. The molecular formula is C11H15ClN2O4S. The molecule has 0 aliphatic heterocycles. The standard InChI is InChI=1S/C11H15ClN2O4S/c1-13-5-6-14(2)19(17,18)8-3-4-9(11(15)16)10(12)7-8/h3-4,7,13H,5-6H2,1-2H3,(H,15,16). The van der Waals surface area contributed by atoms with Crippen LogP contribution in [0, 0.1) is 0 Å². The summed E-state index contributed by atoms with van der Waals surface area (Å²) in [6.07, 6.45) is 0. The number of hydrogen-bond donors (Lipinski definition) is 2. The van der Waals surface area contributed by atoms with E-state index in [9.17, 15) is 13.2 Å². The maximum absolute atomic E-state index is 12.2. The zero-order chi connectivity index (χ0) is 14.6. The van der Waals surface area contributed by atoms with Crippen LogP contribution in [-0.4, -0.2) is 51.0 Å². The Hall–Kier alpha value is -1.15. The average molecular weight is 307 g/mol. The van der Waals surface area contributed by atoms with E-state index in [2.05, 4.69) is 5.32 Å². The number of aromatic carboxylic acids is 1. The minimum Gasteiger partial charge on any atom is -0.478 e. The highest BCUT2D eigenvalue weighted by atomic mass is 35.5. The molecule has 0 saturated carbocycles. The van der Waals surface area contributed by atoms with Gasteiger partial charge in [-0.2, -0.15) is 4.31 Å². The molecule has 0 fully saturated rings. The van der Waals surface area contributed by atoms with E-state index >= 15 is 0 Å². The van der Waals surface area contributed by atoms with Crippen LogP contribution in [0.15, 0.2) is 23.1 Å². The molecule has 0 unspecified atom stereocenters. The van der Waals surface area contributed by atoms with E-state index in [-0.39, 0.29) is 15.5 Å². The summed E-state index contributed by atoms with van der Waals surface area (Å²) in [5.41, 5.74) is -0.126. The maximum atomic E-state index is 12.2. The fourth-order valence-corrected chi connectivity index (χ4v) is 2.92. The monoisotopic (exact) mass is 306 g/mol. The van der Waals surface area contributed by atoms with E-state index in [4.69, 9.17) is 16.7 Å². The van der Waals surface area contributed by atoms with Gasteiger partial charge in [0.05, 0.1) is 15.5 Å². The van der Waals surface area contributed by atoms with Gasteiger partial charge in [-0.3, -0.25) is 0 Å². The first-order valence-corrected chi connectivity index (χ1v) is 7.26.